The highest BCUT2D eigenvalue weighted by molar-refractivity contribution is 5.97. The molecule has 0 saturated heterocycles. The van der Waals surface area contributed by atoms with Crippen LogP contribution in [0.1, 0.15) is 21.5 Å². The van der Waals surface area contributed by atoms with Crippen LogP contribution in [0.3, 0.4) is 0 Å². The number of benzene rings is 2. The summed E-state index contributed by atoms with van der Waals surface area (Å²) in [5.74, 6) is -0.712. The van der Waals surface area contributed by atoms with Crippen molar-refractivity contribution in [3.05, 3.63) is 59.4 Å². The molecule has 12 heteroatoms. The normalized spacial score (nSPS) is 12.0. The third-order valence-electron chi connectivity index (χ3n) is 3.99. The molecular weight excluding hydrogens is 418 g/mol. The van der Waals surface area contributed by atoms with Gasteiger partial charge in [-0.05, 0) is 36.4 Å². The zero-order chi connectivity index (χ0) is 22.1. The van der Waals surface area contributed by atoms with Crippen molar-refractivity contribution in [3.63, 3.8) is 0 Å². The lowest BCUT2D eigenvalue weighted by molar-refractivity contribution is -0.143. The predicted molar refractivity (Wildman–Crippen MR) is 93.6 cm³/mol. The van der Waals surface area contributed by atoms with Crippen LogP contribution in [0.2, 0.25) is 0 Å². The van der Waals surface area contributed by atoms with Gasteiger partial charge in [0.25, 0.3) is 5.91 Å². The number of methoxy groups -OCH3 is 1. The van der Waals surface area contributed by atoms with Gasteiger partial charge in [0.1, 0.15) is 12.1 Å². The number of hydrazine groups is 1. The van der Waals surface area contributed by atoms with Crippen LogP contribution in [-0.4, -0.2) is 23.0 Å². The summed E-state index contributed by atoms with van der Waals surface area (Å²) in [6.45, 7) is 0. The highest BCUT2D eigenvalue weighted by atomic mass is 19.4. The minimum absolute atomic E-state index is 0.0611. The molecule has 0 aliphatic rings. The smallest absolute Gasteiger partial charge is 0.416 e. The number of carbonyl (C=O) groups excluding carboxylic acids is 1. The van der Waals surface area contributed by atoms with E-state index in [1.165, 1.54) is 13.2 Å². The number of ether oxygens (including phenoxy) is 1. The zero-order valence-corrected chi connectivity index (χ0v) is 15.0. The molecular formula is C18H12F6N4O2. The van der Waals surface area contributed by atoms with Gasteiger partial charge in [-0.3, -0.25) is 15.6 Å². The number of nitrogens with one attached hydrogen (secondary N) is 2. The molecule has 0 fully saturated rings. The SMILES string of the molecule is COc1ccc2ncnc(NNC(=O)c3cc(C(F)(F)F)cc(C(F)(F)F)c3)c2c1. The first-order valence-electron chi connectivity index (χ1n) is 8.13. The van der Waals surface area contributed by atoms with Gasteiger partial charge >= 0.3 is 12.4 Å². The lowest BCUT2D eigenvalue weighted by Crippen LogP contribution is -2.30. The molecule has 0 radical (unpaired) electrons. The van der Waals surface area contributed by atoms with Gasteiger partial charge < -0.3 is 4.74 Å². The third-order valence-corrected chi connectivity index (χ3v) is 3.99. The van der Waals surface area contributed by atoms with E-state index in [4.69, 9.17) is 4.74 Å². The molecule has 2 N–H and O–H groups in total. The van der Waals surface area contributed by atoms with Crippen LogP contribution in [-0.2, 0) is 12.4 Å². The molecule has 0 aliphatic carbocycles. The monoisotopic (exact) mass is 430 g/mol. The van der Waals surface area contributed by atoms with Crippen LogP contribution in [0.15, 0.2) is 42.7 Å². The Labute approximate surface area is 164 Å². The van der Waals surface area contributed by atoms with E-state index in [0.29, 0.717) is 28.8 Å². The number of alkyl halides is 6. The maximum atomic E-state index is 13.0. The van der Waals surface area contributed by atoms with E-state index in [0.717, 1.165) is 6.33 Å². The molecule has 6 nitrogen and oxygen atoms in total. The van der Waals surface area contributed by atoms with Crippen molar-refractivity contribution in [2.75, 3.05) is 12.5 Å². The second kappa shape index (κ2) is 7.69. The van der Waals surface area contributed by atoms with Crippen molar-refractivity contribution in [1.29, 1.82) is 0 Å². The number of nitrogens with zero attached hydrogens (tertiary/aromatic N) is 2. The first kappa shape index (κ1) is 21.1. The van der Waals surface area contributed by atoms with Crippen LogP contribution in [0.5, 0.6) is 5.75 Å². The maximum absolute atomic E-state index is 13.0. The largest absolute Gasteiger partial charge is 0.497 e. The Balaban J connectivity index is 1.91. The molecule has 3 aromatic rings. The van der Waals surface area contributed by atoms with Crippen molar-refractivity contribution in [1.82, 2.24) is 15.4 Å². The van der Waals surface area contributed by atoms with Gasteiger partial charge in [-0.2, -0.15) is 26.3 Å². The molecule has 1 amide bonds. The molecule has 1 heterocycles. The van der Waals surface area contributed by atoms with Crippen molar-refractivity contribution in [2.24, 2.45) is 0 Å². The summed E-state index contributed by atoms with van der Waals surface area (Å²) in [5.41, 5.74) is 0.864. The number of aromatic nitrogens is 2. The first-order valence-corrected chi connectivity index (χ1v) is 8.13. The standard InChI is InChI=1S/C18H12F6N4O2/c1-30-12-2-3-14-13(7-12)15(26-8-25-14)27-28-16(29)9-4-10(17(19,20)21)6-11(5-9)18(22,23)24/h2-8H,1H3,(H,28,29)(H,25,26,27). The van der Waals surface area contributed by atoms with Crippen molar-refractivity contribution >= 4 is 22.6 Å². The summed E-state index contributed by atoms with van der Waals surface area (Å²) in [5, 5.41) is 0.400. The fourth-order valence-electron chi connectivity index (χ4n) is 2.54. The number of anilines is 1. The second-order valence-corrected chi connectivity index (χ2v) is 5.98. The van der Waals surface area contributed by atoms with Crippen molar-refractivity contribution in [3.8, 4) is 5.75 Å². The average Bonchev–Trinajstić information content (AvgIpc) is 2.69. The maximum Gasteiger partial charge on any atom is 0.416 e. The van der Waals surface area contributed by atoms with Crippen molar-refractivity contribution in [2.45, 2.75) is 12.4 Å². The van der Waals surface area contributed by atoms with Gasteiger partial charge in [0.2, 0.25) is 0 Å². The fraction of sp³-hybridized carbons (Fsp3) is 0.167. The summed E-state index contributed by atoms with van der Waals surface area (Å²) in [7, 11) is 1.42. The molecule has 0 aliphatic heterocycles. The number of halogens is 6. The summed E-state index contributed by atoms with van der Waals surface area (Å²) in [6.07, 6.45) is -8.97. The molecule has 0 bridgehead atoms. The molecule has 2 aromatic carbocycles. The molecule has 0 atom stereocenters. The number of rotatable bonds is 4. The molecule has 1 aromatic heterocycles. The van der Waals surface area contributed by atoms with Crippen molar-refractivity contribution < 1.29 is 35.9 Å². The quantitative estimate of drug-likeness (QED) is 0.473. The highest BCUT2D eigenvalue weighted by Gasteiger charge is 2.37. The fourth-order valence-corrected chi connectivity index (χ4v) is 2.54. The number of hydrogen-bond acceptors (Lipinski definition) is 5. The third kappa shape index (κ3) is 4.53. The number of hydrogen-bond donors (Lipinski definition) is 2. The van der Waals surface area contributed by atoms with Gasteiger partial charge in [0.15, 0.2) is 5.82 Å². The van der Waals surface area contributed by atoms with E-state index < -0.39 is 35.0 Å². The van der Waals surface area contributed by atoms with E-state index >= 15 is 0 Å². The van der Waals surface area contributed by atoms with Gasteiger partial charge in [-0.15, -0.1) is 0 Å². The van der Waals surface area contributed by atoms with Crippen LogP contribution >= 0.6 is 0 Å². The number of amides is 1. The zero-order valence-electron chi connectivity index (χ0n) is 15.0. The molecule has 0 unspecified atom stereocenters. The van der Waals surface area contributed by atoms with Gasteiger partial charge in [-0.1, -0.05) is 0 Å². The predicted octanol–water partition coefficient (Wildman–Crippen LogP) is 4.43. The minimum atomic E-state index is -5.07. The van der Waals surface area contributed by atoms with Gasteiger partial charge in [0.05, 0.1) is 23.8 Å². The molecule has 0 saturated carbocycles. The molecule has 158 valence electrons. The summed E-state index contributed by atoms with van der Waals surface area (Å²) in [4.78, 5) is 20.2. The Morgan fingerprint density at radius 2 is 1.57 bits per heavy atom. The Bertz CT molecular complexity index is 1070. The summed E-state index contributed by atoms with van der Waals surface area (Å²) in [6, 6.07) is 5.36. The Morgan fingerprint density at radius 3 is 2.13 bits per heavy atom. The van der Waals surface area contributed by atoms with E-state index in [1.54, 1.807) is 12.1 Å². The van der Waals surface area contributed by atoms with Crippen LogP contribution in [0, 0.1) is 0 Å². The molecule has 3 rings (SSSR count). The molecule has 30 heavy (non-hydrogen) atoms. The summed E-state index contributed by atoms with van der Waals surface area (Å²) < 4.78 is 82.8. The van der Waals surface area contributed by atoms with E-state index in [9.17, 15) is 31.1 Å². The minimum Gasteiger partial charge on any atom is -0.497 e. The Hall–Kier alpha value is -3.57. The average molecular weight is 430 g/mol. The Kier molecular flexibility index (Phi) is 5.42. The second-order valence-electron chi connectivity index (χ2n) is 5.98. The van der Waals surface area contributed by atoms with E-state index in [2.05, 4.69) is 15.4 Å². The van der Waals surface area contributed by atoms with Crippen LogP contribution in [0.25, 0.3) is 10.9 Å². The topological polar surface area (TPSA) is 76.1 Å². The van der Waals surface area contributed by atoms with E-state index in [1.807, 2.05) is 5.43 Å². The number of fused-ring (bicyclic) bond motifs is 1. The Morgan fingerprint density at radius 1 is 0.933 bits per heavy atom. The molecule has 0 spiro atoms. The first-order chi connectivity index (χ1) is 14.0. The number of carbonyl (C=O) groups is 1. The van der Waals surface area contributed by atoms with Gasteiger partial charge in [-0.25, -0.2) is 9.97 Å². The summed E-state index contributed by atoms with van der Waals surface area (Å²) >= 11 is 0. The van der Waals surface area contributed by atoms with Crippen LogP contribution in [0.4, 0.5) is 32.2 Å². The highest BCUT2D eigenvalue weighted by Crippen LogP contribution is 2.36. The lowest BCUT2D eigenvalue weighted by atomic mass is 10.0. The van der Waals surface area contributed by atoms with E-state index in [-0.39, 0.29) is 11.9 Å². The lowest BCUT2D eigenvalue weighted by Gasteiger charge is -2.15. The van der Waals surface area contributed by atoms with Gasteiger partial charge in [0, 0.05) is 10.9 Å². The van der Waals surface area contributed by atoms with Crippen LogP contribution < -0.4 is 15.6 Å².